The van der Waals surface area contributed by atoms with Crippen molar-refractivity contribution in [3.05, 3.63) is 70.8 Å². The van der Waals surface area contributed by atoms with Gasteiger partial charge in [-0.3, -0.25) is 0 Å². The van der Waals surface area contributed by atoms with Crippen molar-refractivity contribution in [2.75, 3.05) is 27.2 Å². The number of aryl methyl sites for hydroxylation is 1. The molecule has 120 valence electrons. The summed E-state index contributed by atoms with van der Waals surface area (Å²) in [5, 5.41) is 0. The second kappa shape index (κ2) is 7.01. The van der Waals surface area contributed by atoms with Crippen LogP contribution in [-0.4, -0.2) is 32.1 Å². The molecule has 0 amide bonds. The molecule has 0 N–H and O–H groups in total. The fraction of sp³-hybridized carbons (Fsp3) is 0.333. The smallest absolute Gasteiger partial charge is 0.126 e. The van der Waals surface area contributed by atoms with Gasteiger partial charge in [-0.2, -0.15) is 0 Å². The maximum Gasteiger partial charge on any atom is 0.126 e. The highest BCUT2D eigenvalue weighted by atomic mass is 16.5. The molecule has 2 heteroatoms. The average Bonchev–Trinajstić information content (AvgIpc) is 2.59. The van der Waals surface area contributed by atoms with Crippen molar-refractivity contribution in [1.82, 2.24) is 4.90 Å². The van der Waals surface area contributed by atoms with Gasteiger partial charge < -0.3 is 9.64 Å². The molecule has 0 saturated carbocycles. The van der Waals surface area contributed by atoms with Gasteiger partial charge in [0.25, 0.3) is 0 Å². The Bertz CT molecular complexity index is 690. The van der Waals surface area contributed by atoms with Crippen LogP contribution >= 0.6 is 0 Å². The molecule has 0 spiro atoms. The minimum absolute atomic E-state index is 0.953. The predicted molar refractivity (Wildman–Crippen MR) is 96.9 cm³/mol. The Morgan fingerprint density at radius 1 is 0.957 bits per heavy atom. The van der Waals surface area contributed by atoms with Crippen molar-refractivity contribution in [3.8, 4) is 5.75 Å². The molecule has 2 aromatic carbocycles. The first-order chi connectivity index (χ1) is 11.2. The second-order valence-electron chi connectivity index (χ2n) is 6.35. The number of nitrogens with zero attached hydrogens (tertiary/aromatic N) is 1. The number of hydrogen-bond acceptors (Lipinski definition) is 2. The minimum atomic E-state index is 0.953. The van der Waals surface area contributed by atoms with E-state index in [0.717, 1.165) is 31.7 Å². The van der Waals surface area contributed by atoms with Gasteiger partial charge in [0.15, 0.2) is 0 Å². The molecule has 0 atom stereocenters. The van der Waals surface area contributed by atoms with Gasteiger partial charge in [-0.25, -0.2) is 0 Å². The van der Waals surface area contributed by atoms with Crippen LogP contribution in [0.15, 0.2) is 54.1 Å². The maximum atomic E-state index is 5.64. The van der Waals surface area contributed by atoms with E-state index in [2.05, 4.69) is 61.3 Å². The third-order valence-corrected chi connectivity index (χ3v) is 4.66. The van der Waals surface area contributed by atoms with Crippen LogP contribution < -0.4 is 4.74 Å². The highest BCUT2D eigenvalue weighted by Gasteiger charge is 2.19. The van der Waals surface area contributed by atoms with Crippen LogP contribution in [0.4, 0.5) is 0 Å². The quantitative estimate of drug-likeness (QED) is 0.826. The van der Waals surface area contributed by atoms with Gasteiger partial charge in [0.05, 0.1) is 7.11 Å². The number of methoxy groups -OCH3 is 1. The van der Waals surface area contributed by atoms with Crippen molar-refractivity contribution in [1.29, 1.82) is 0 Å². The molecular formula is C21H25NO. The normalized spacial score (nSPS) is 15.5. The summed E-state index contributed by atoms with van der Waals surface area (Å²) in [6.07, 6.45) is 2.25. The van der Waals surface area contributed by atoms with E-state index in [9.17, 15) is 0 Å². The van der Waals surface area contributed by atoms with Crippen molar-refractivity contribution in [2.45, 2.75) is 19.8 Å². The summed E-state index contributed by atoms with van der Waals surface area (Å²) in [6, 6.07) is 17.2. The summed E-state index contributed by atoms with van der Waals surface area (Å²) in [5.74, 6) is 0.953. The van der Waals surface area contributed by atoms with Gasteiger partial charge in [-0.05, 0) is 44.0 Å². The standard InChI is InChI=1S/C21H25NO/c1-16-8-10-17(11-9-16)21(18-12-14-22(2)15-13-18)19-6-4-5-7-20(19)23-3/h4-11H,12-15H2,1-3H3. The van der Waals surface area contributed by atoms with Crippen LogP contribution in [0, 0.1) is 6.92 Å². The molecule has 0 bridgehead atoms. The molecule has 0 aromatic heterocycles. The van der Waals surface area contributed by atoms with Gasteiger partial charge in [0.2, 0.25) is 0 Å². The summed E-state index contributed by atoms with van der Waals surface area (Å²) >= 11 is 0. The zero-order valence-electron chi connectivity index (χ0n) is 14.3. The highest BCUT2D eigenvalue weighted by molar-refractivity contribution is 5.85. The van der Waals surface area contributed by atoms with E-state index in [1.165, 1.54) is 27.8 Å². The molecule has 0 unspecified atom stereocenters. The van der Waals surface area contributed by atoms with Crippen molar-refractivity contribution in [2.24, 2.45) is 0 Å². The molecule has 1 fully saturated rings. The summed E-state index contributed by atoms with van der Waals surface area (Å²) in [7, 11) is 3.95. The molecular weight excluding hydrogens is 282 g/mol. The summed E-state index contributed by atoms with van der Waals surface area (Å²) in [6.45, 7) is 4.38. The summed E-state index contributed by atoms with van der Waals surface area (Å²) in [5.41, 5.74) is 6.69. The molecule has 0 aliphatic carbocycles. The number of piperidine rings is 1. The first-order valence-electron chi connectivity index (χ1n) is 8.30. The molecule has 2 aromatic rings. The maximum absolute atomic E-state index is 5.64. The number of likely N-dealkylation sites (tertiary alicyclic amines) is 1. The number of para-hydroxylation sites is 1. The summed E-state index contributed by atoms with van der Waals surface area (Å²) in [4.78, 5) is 2.40. The van der Waals surface area contributed by atoms with Crippen molar-refractivity contribution < 1.29 is 4.74 Å². The molecule has 1 saturated heterocycles. The fourth-order valence-corrected chi connectivity index (χ4v) is 3.26. The van der Waals surface area contributed by atoms with Crippen LogP contribution in [-0.2, 0) is 0 Å². The lowest BCUT2D eigenvalue weighted by Gasteiger charge is -2.27. The third-order valence-electron chi connectivity index (χ3n) is 4.66. The molecule has 23 heavy (non-hydrogen) atoms. The van der Waals surface area contributed by atoms with E-state index in [4.69, 9.17) is 4.74 Å². The van der Waals surface area contributed by atoms with E-state index >= 15 is 0 Å². The zero-order chi connectivity index (χ0) is 16.2. The van der Waals surface area contributed by atoms with E-state index < -0.39 is 0 Å². The fourth-order valence-electron chi connectivity index (χ4n) is 3.26. The monoisotopic (exact) mass is 307 g/mol. The van der Waals surface area contributed by atoms with Crippen LogP contribution in [0.3, 0.4) is 0 Å². The molecule has 0 radical (unpaired) electrons. The average molecular weight is 307 g/mol. The zero-order valence-corrected chi connectivity index (χ0v) is 14.3. The Hall–Kier alpha value is -2.06. The van der Waals surface area contributed by atoms with Crippen LogP contribution in [0.5, 0.6) is 5.75 Å². The van der Waals surface area contributed by atoms with Gasteiger partial charge in [-0.15, -0.1) is 0 Å². The highest BCUT2D eigenvalue weighted by Crippen LogP contribution is 2.36. The topological polar surface area (TPSA) is 12.5 Å². The van der Waals surface area contributed by atoms with Gasteiger partial charge in [0.1, 0.15) is 5.75 Å². The Kier molecular flexibility index (Phi) is 4.82. The predicted octanol–water partition coefficient (Wildman–Crippen LogP) is 4.53. The lowest BCUT2D eigenvalue weighted by molar-refractivity contribution is 0.313. The molecule has 1 aliphatic rings. The van der Waals surface area contributed by atoms with Gasteiger partial charge in [0, 0.05) is 18.7 Å². The molecule has 2 nitrogen and oxygen atoms in total. The van der Waals surface area contributed by atoms with Crippen LogP contribution in [0.1, 0.15) is 29.5 Å². The van der Waals surface area contributed by atoms with E-state index in [1.54, 1.807) is 7.11 Å². The van der Waals surface area contributed by atoms with Crippen molar-refractivity contribution >= 4 is 5.57 Å². The van der Waals surface area contributed by atoms with E-state index in [0.29, 0.717) is 0 Å². The van der Waals surface area contributed by atoms with E-state index in [-0.39, 0.29) is 0 Å². The molecule has 1 aliphatic heterocycles. The lowest BCUT2D eigenvalue weighted by atomic mass is 9.88. The second-order valence-corrected chi connectivity index (χ2v) is 6.35. The minimum Gasteiger partial charge on any atom is -0.496 e. The Balaban J connectivity index is 2.14. The summed E-state index contributed by atoms with van der Waals surface area (Å²) < 4.78 is 5.64. The number of rotatable bonds is 3. The van der Waals surface area contributed by atoms with Gasteiger partial charge in [-0.1, -0.05) is 53.6 Å². The molecule has 3 rings (SSSR count). The third kappa shape index (κ3) is 3.48. The first kappa shape index (κ1) is 15.8. The Morgan fingerprint density at radius 2 is 1.61 bits per heavy atom. The SMILES string of the molecule is COc1ccccc1C(=C1CCN(C)CC1)c1ccc(C)cc1. The van der Waals surface area contributed by atoms with Crippen LogP contribution in [0.2, 0.25) is 0 Å². The number of ether oxygens (including phenoxy) is 1. The Labute approximate surface area is 139 Å². The molecule has 1 heterocycles. The van der Waals surface area contributed by atoms with Crippen molar-refractivity contribution in [3.63, 3.8) is 0 Å². The Morgan fingerprint density at radius 3 is 2.26 bits per heavy atom. The largest absolute Gasteiger partial charge is 0.496 e. The van der Waals surface area contributed by atoms with Gasteiger partial charge >= 0.3 is 0 Å². The number of hydrogen-bond donors (Lipinski definition) is 0. The van der Waals surface area contributed by atoms with Crippen LogP contribution in [0.25, 0.3) is 5.57 Å². The first-order valence-corrected chi connectivity index (χ1v) is 8.30. The number of benzene rings is 2. The van der Waals surface area contributed by atoms with E-state index in [1.807, 2.05) is 6.07 Å². The lowest BCUT2D eigenvalue weighted by Crippen LogP contribution is -2.27.